The van der Waals surface area contributed by atoms with Crippen molar-refractivity contribution in [3.63, 3.8) is 0 Å². The van der Waals surface area contributed by atoms with Gasteiger partial charge in [0, 0.05) is 40.2 Å². The van der Waals surface area contributed by atoms with Gasteiger partial charge in [0.05, 0.1) is 26.0 Å². The molecule has 0 aliphatic carbocycles. The van der Waals surface area contributed by atoms with Crippen LogP contribution in [0.1, 0.15) is 5.56 Å². The second-order valence-electron chi connectivity index (χ2n) is 5.24. The highest BCUT2D eigenvalue weighted by Gasteiger charge is 2.13. The van der Waals surface area contributed by atoms with Gasteiger partial charge in [-0.05, 0) is 46.9 Å². The van der Waals surface area contributed by atoms with Crippen LogP contribution < -0.4 is 9.64 Å². The van der Waals surface area contributed by atoms with E-state index in [4.69, 9.17) is 9.47 Å². The fourth-order valence-electron chi connectivity index (χ4n) is 2.52. The van der Waals surface area contributed by atoms with Crippen molar-refractivity contribution in [3.8, 4) is 5.75 Å². The van der Waals surface area contributed by atoms with Crippen LogP contribution in [0, 0.1) is 3.57 Å². The zero-order chi connectivity index (χ0) is 16.1. The highest BCUT2D eigenvalue weighted by molar-refractivity contribution is 14.1. The number of halogens is 1. The van der Waals surface area contributed by atoms with Crippen molar-refractivity contribution in [1.82, 2.24) is 0 Å². The Morgan fingerprint density at radius 1 is 1.17 bits per heavy atom. The topological polar surface area (TPSA) is 34.1 Å². The summed E-state index contributed by atoms with van der Waals surface area (Å²) in [6.07, 6.45) is 1.86. The standard InChI is InChI=1S/C18H19IN2O2/c1-22-18-12-15(21-8-10-23-11-9-21)7-6-14(18)13-20-17-5-3-2-4-16(17)19/h2-7,12-13H,8-11H2,1H3. The maximum absolute atomic E-state index is 5.54. The number of anilines is 1. The van der Waals surface area contributed by atoms with Gasteiger partial charge in [-0.15, -0.1) is 0 Å². The van der Waals surface area contributed by atoms with E-state index in [2.05, 4.69) is 50.7 Å². The Bertz CT molecular complexity index is 697. The Hall–Kier alpha value is -1.60. The summed E-state index contributed by atoms with van der Waals surface area (Å²) in [5, 5.41) is 0. The van der Waals surface area contributed by atoms with E-state index in [0.29, 0.717) is 0 Å². The molecule has 1 heterocycles. The predicted molar refractivity (Wildman–Crippen MR) is 102 cm³/mol. The molecule has 0 N–H and O–H groups in total. The number of rotatable bonds is 4. The average molecular weight is 422 g/mol. The maximum atomic E-state index is 5.54. The van der Waals surface area contributed by atoms with E-state index >= 15 is 0 Å². The first-order chi connectivity index (χ1) is 11.3. The summed E-state index contributed by atoms with van der Waals surface area (Å²) >= 11 is 2.29. The fourth-order valence-corrected chi connectivity index (χ4v) is 3.05. The number of nitrogens with zero attached hydrogens (tertiary/aromatic N) is 2. The van der Waals surface area contributed by atoms with Crippen molar-refractivity contribution in [1.29, 1.82) is 0 Å². The lowest BCUT2D eigenvalue weighted by Crippen LogP contribution is -2.36. The molecule has 3 rings (SSSR count). The van der Waals surface area contributed by atoms with Crippen molar-refractivity contribution in [2.75, 3.05) is 38.3 Å². The van der Waals surface area contributed by atoms with Gasteiger partial charge in [-0.25, -0.2) is 0 Å². The molecule has 0 unspecified atom stereocenters. The number of aliphatic imine (C=N–C) groups is 1. The maximum Gasteiger partial charge on any atom is 0.129 e. The summed E-state index contributed by atoms with van der Waals surface area (Å²) in [4.78, 5) is 6.89. The average Bonchev–Trinajstić information content (AvgIpc) is 2.61. The lowest BCUT2D eigenvalue weighted by atomic mass is 10.1. The molecular formula is C18H19IN2O2. The molecule has 2 aromatic carbocycles. The number of hydrogen-bond acceptors (Lipinski definition) is 4. The molecule has 1 aliphatic heterocycles. The summed E-state index contributed by atoms with van der Waals surface area (Å²) in [6.45, 7) is 3.38. The third kappa shape index (κ3) is 4.03. The SMILES string of the molecule is COc1cc(N2CCOCC2)ccc1C=Nc1ccccc1I. The lowest BCUT2D eigenvalue weighted by Gasteiger charge is -2.29. The molecule has 0 aromatic heterocycles. The summed E-state index contributed by atoms with van der Waals surface area (Å²) < 4.78 is 12.1. The normalized spacial score (nSPS) is 15.1. The molecule has 1 saturated heterocycles. The van der Waals surface area contributed by atoms with Crippen molar-refractivity contribution in [2.24, 2.45) is 4.99 Å². The van der Waals surface area contributed by atoms with E-state index < -0.39 is 0 Å². The van der Waals surface area contributed by atoms with Gasteiger partial charge in [0.1, 0.15) is 5.75 Å². The number of ether oxygens (including phenoxy) is 2. The molecule has 0 atom stereocenters. The van der Waals surface area contributed by atoms with Crippen LogP contribution in [0.2, 0.25) is 0 Å². The lowest BCUT2D eigenvalue weighted by molar-refractivity contribution is 0.122. The minimum absolute atomic E-state index is 0.776. The minimum Gasteiger partial charge on any atom is -0.496 e. The van der Waals surface area contributed by atoms with Gasteiger partial charge in [-0.2, -0.15) is 0 Å². The molecule has 0 spiro atoms. The van der Waals surface area contributed by atoms with Crippen LogP contribution in [-0.4, -0.2) is 39.6 Å². The minimum atomic E-state index is 0.776. The van der Waals surface area contributed by atoms with E-state index in [0.717, 1.165) is 52.6 Å². The molecule has 1 aliphatic rings. The molecule has 2 aromatic rings. The first kappa shape index (κ1) is 16.3. The zero-order valence-corrected chi connectivity index (χ0v) is 15.2. The predicted octanol–water partition coefficient (Wildman–Crippen LogP) is 3.89. The summed E-state index contributed by atoms with van der Waals surface area (Å²) in [5.41, 5.74) is 3.10. The Morgan fingerprint density at radius 2 is 1.96 bits per heavy atom. The molecule has 4 nitrogen and oxygen atoms in total. The van der Waals surface area contributed by atoms with Crippen LogP contribution in [0.5, 0.6) is 5.75 Å². The number of morpholine rings is 1. The van der Waals surface area contributed by atoms with E-state index in [1.807, 2.05) is 30.5 Å². The van der Waals surface area contributed by atoms with Gasteiger partial charge >= 0.3 is 0 Å². The Morgan fingerprint density at radius 3 is 2.70 bits per heavy atom. The van der Waals surface area contributed by atoms with Crippen LogP contribution in [0.4, 0.5) is 11.4 Å². The first-order valence-electron chi connectivity index (χ1n) is 7.57. The zero-order valence-electron chi connectivity index (χ0n) is 13.0. The van der Waals surface area contributed by atoms with Crippen molar-refractivity contribution in [2.45, 2.75) is 0 Å². The summed E-state index contributed by atoms with van der Waals surface area (Å²) in [6, 6.07) is 14.3. The quantitative estimate of drug-likeness (QED) is 0.554. The highest BCUT2D eigenvalue weighted by Crippen LogP contribution is 2.26. The van der Waals surface area contributed by atoms with E-state index in [1.165, 1.54) is 0 Å². The van der Waals surface area contributed by atoms with E-state index in [1.54, 1.807) is 7.11 Å². The van der Waals surface area contributed by atoms with Crippen LogP contribution in [0.15, 0.2) is 47.5 Å². The van der Waals surface area contributed by atoms with Crippen molar-refractivity contribution < 1.29 is 9.47 Å². The van der Waals surface area contributed by atoms with Crippen LogP contribution in [0.25, 0.3) is 0 Å². The van der Waals surface area contributed by atoms with Crippen molar-refractivity contribution in [3.05, 3.63) is 51.6 Å². The van der Waals surface area contributed by atoms with E-state index in [9.17, 15) is 0 Å². The summed E-state index contributed by atoms with van der Waals surface area (Å²) in [5.74, 6) is 0.837. The Kier molecular flexibility index (Phi) is 5.51. The van der Waals surface area contributed by atoms with Gasteiger partial charge in [-0.1, -0.05) is 12.1 Å². The van der Waals surface area contributed by atoms with Crippen LogP contribution in [0.3, 0.4) is 0 Å². The molecule has 23 heavy (non-hydrogen) atoms. The Labute approximate surface area is 150 Å². The second-order valence-corrected chi connectivity index (χ2v) is 6.40. The third-order valence-corrected chi connectivity index (χ3v) is 4.70. The van der Waals surface area contributed by atoms with Crippen molar-refractivity contribution >= 4 is 40.2 Å². The highest BCUT2D eigenvalue weighted by atomic mass is 127. The molecule has 120 valence electrons. The monoisotopic (exact) mass is 422 g/mol. The molecule has 5 heteroatoms. The first-order valence-corrected chi connectivity index (χ1v) is 8.65. The molecule has 0 radical (unpaired) electrons. The number of methoxy groups -OCH3 is 1. The van der Waals surface area contributed by atoms with Crippen LogP contribution >= 0.6 is 22.6 Å². The van der Waals surface area contributed by atoms with Gasteiger partial charge in [-0.3, -0.25) is 4.99 Å². The molecule has 0 amide bonds. The van der Waals surface area contributed by atoms with Gasteiger partial charge in [0.25, 0.3) is 0 Å². The number of hydrogen-bond donors (Lipinski definition) is 0. The number of benzene rings is 2. The molecular weight excluding hydrogens is 403 g/mol. The van der Waals surface area contributed by atoms with E-state index in [-0.39, 0.29) is 0 Å². The smallest absolute Gasteiger partial charge is 0.129 e. The van der Waals surface area contributed by atoms with Gasteiger partial charge < -0.3 is 14.4 Å². The van der Waals surface area contributed by atoms with Crippen LogP contribution in [-0.2, 0) is 4.74 Å². The second kappa shape index (κ2) is 7.79. The largest absolute Gasteiger partial charge is 0.496 e. The van der Waals surface area contributed by atoms with Gasteiger partial charge in [0.15, 0.2) is 0 Å². The molecule has 1 fully saturated rings. The Balaban J connectivity index is 1.83. The third-order valence-electron chi connectivity index (χ3n) is 3.79. The molecule has 0 saturated carbocycles. The summed E-state index contributed by atoms with van der Waals surface area (Å²) in [7, 11) is 1.70. The molecule has 0 bridgehead atoms. The number of para-hydroxylation sites is 1. The fraction of sp³-hybridized carbons (Fsp3) is 0.278. The van der Waals surface area contributed by atoms with Gasteiger partial charge in [0.2, 0.25) is 0 Å².